The predicted molar refractivity (Wildman–Crippen MR) is 75.2 cm³/mol. The number of aromatic nitrogens is 2. The van der Waals surface area contributed by atoms with Gasteiger partial charge in [-0.15, -0.1) is 0 Å². The Morgan fingerprint density at radius 1 is 1.26 bits per heavy atom. The molecule has 0 bridgehead atoms. The molecule has 2 N–H and O–H groups in total. The van der Waals surface area contributed by atoms with Gasteiger partial charge in [0, 0.05) is 5.02 Å². The van der Waals surface area contributed by atoms with Gasteiger partial charge >= 0.3 is 0 Å². The van der Waals surface area contributed by atoms with E-state index in [1.165, 1.54) is 12.1 Å². The Bertz CT molecular complexity index is 780. The first-order valence-corrected chi connectivity index (χ1v) is 6.14. The number of hydrogen-bond donors (Lipinski definition) is 1. The van der Waals surface area contributed by atoms with E-state index in [0.29, 0.717) is 10.7 Å². The summed E-state index contributed by atoms with van der Waals surface area (Å²) in [7, 11) is 0. The van der Waals surface area contributed by atoms with E-state index in [9.17, 15) is 4.39 Å². The highest BCUT2D eigenvalue weighted by Crippen LogP contribution is 2.28. The first-order valence-electron chi connectivity index (χ1n) is 5.77. The predicted octanol–water partition coefficient (Wildman–Crippen LogP) is 3.71. The Morgan fingerprint density at radius 2 is 2.05 bits per heavy atom. The number of halogens is 2. The maximum Gasteiger partial charge on any atom is 0.206 e. The molecule has 0 saturated carbocycles. The summed E-state index contributed by atoms with van der Waals surface area (Å²) < 4.78 is 15.6. The Morgan fingerprint density at radius 3 is 2.84 bits per heavy atom. The SMILES string of the molecule is Cc1cccc2nc(N)n(-c3cc(Cl)ccc3F)c12. The molecule has 0 saturated heterocycles. The van der Waals surface area contributed by atoms with Gasteiger partial charge in [-0.25, -0.2) is 9.37 Å². The van der Waals surface area contributed by atoms with Crippen molar-refractivity contribution in [2.45, 2.75) is 6.92 Å². The van der Waals surface area contributed by atoms with Gasteiger partial charge in [-0.05, 0) is 36.8 Å². The number of rotatable bonds is 1. The first kappa shape index (κ1) is 12.0. The number of hydrogen-bond acceptors (Lipinski definition) is 2. The van der Waals surface area contributed by atoms with Crippen molar-refractivity contribution in [1.82, 2.24) is 9.55 Å². The quantitative estimate of drug-likeness (QED) is 0.736. The lowest BCUT2D eigenvalue weighted by molar-refractivity contribution is 0.620. The van der Waals surface area contributed by atoms with Crippen molar-refractivity contribution in [1.29, 1.82) is 0 Å². The second kappa shape index (κ2) is 4.24. The van der Waals surface area contributed by atoms with Gasteiger partial charge in [0.15, 0.2) is 0 Å². The Hall–Kier alpha value is -2.07. The zero-order valence-electron chi connectivity index (χ0n) is 10.2. The molecule has 3 nitrogen and oxygen atoms in total. The average Bonchev–Trinajstić information content (AvgIpc) is 2.70. The van der Waals surface area contributed by atoms with Gasteiger partial charge in [0.25, 0.3) is 0 Å². The zero-order chi connectivity index (χ0) is 13.6. The van der Waals surface area contributed by atoms with E-state index in [1.54, 1.807) is 10.6 Å². The van der Waals surface area contributed by atoms with E-state index in [2.05, 4.69) is 4.98 Å². The molecule has 0 aliphatic carbocycles. The van der Waals surface area contributed by atoms with E-state index < -0.39 is 5.82 Å². The summed E-state index contributed by atoms with van der Waals surface area (Å²) in [6.45, 7) is 1.93. The van der Waals surface area contributed by atoms with Crippen LogP contribution in [0.1, 0.15) is 5.56 Å². The standard InChI is InChI=1S/C14H11ClFN3/c1-8-3-2-4-11-13(8)19(14(17)18-11)12-7-9(15)5-6-10(12)16/h2-7H,1H3,(H2,17,18). The molecule has 3 aromatic rings. The lowest BCUT2D eigenvalue weighted by atomic mass is 10.2. The van der Waals surface area contributed by atoms with Crippen LogP contribution in [0.2, 0.25) is 5.02 Å². The van der Waals surface area contributed by atoms with Crippen molar-refractivity contribution in [3.05, 3.63) is 52.8 Å². The molecule has 0 radical (unpaired) electrons. The lowest BCUT2D eigenvalue weighted by Gasteiger charge is -2.09. The molecule has 0 atom stereocenters. The molecule has 0 spiro atoms. The Kier molecular flexibility index (Phi) is 2.68. The highest BCUT2D eigenvalue weighted by molar-refractivity contribution is 6.30. The first-order chi connectivity index (χ1) is 9.08. The van der Waals surface area contributed by atoms with Crippen LogP contribution in [0, 0.1) is 12.7 Å². The zero-order valence-corrected chi connectivity index (χ0v) is 10.9. The number of nitrogens with zero attached hydrogens (tertiary/aromatic N) is 2. The summed E-state index contributed by atoms with van der Waals surface area (Å²) >= 11 is 5.94. The van der Waals surface area contributed by atoms with Crippen LogP contribution in [0.25, 0.3) is 16.7 Å². The molecular formula is C14H11ClFN3. The van der Waals surface area contributed by atoms with Gasteiger partial charge in [-0.2, -0.15) is 0 Å². The molecule has 1 heterocycles. The molecule has 0 aliphatic heterocycles. The third-order valence-electron chi connectivity index (χ3n) is 3.05. The Balaban J connectivity index is 2.42. The lowest BCUT2D eigenvalue weighted by Crippen LogP contribution is -2.03. The van der Waals surface area contributed by atoms with Crippen LogP contribution < -0.4 is 5.73 Å². The van der Waals surface area contributed by atoms with Crippen molar-refractivity contribution in [3.63, 3.8) is 0 Å². The number of nitrogen functional groups attached to an aromatic ring is 1. The molecule has 96 valence electrons. The van der Waals surface area contributed by atoms with E-state index in [4.69, 9.17) is 17.3 Å². The number of anilines is 1. The van der Waals surface area contributed by atoms with Gasteiger partial charge in [0.2, 0.25) is 5.95 Å². The van der Waals surface area contributed by atoms with Crippen LogP contribution in [0.3, 0.4) is 0 Å². The molecular weight excluding hydrogens is 265 g/mol. The van der Waals surface area contributed by atoms with Crippen LogP contribution in [0.4, 0.5) is 10.3 Å². The third kappa shape index (κ3) is 1.85. The fourth-order valence-electron chi connectivity index (χ4n) is 2.21. The number of nitrogens with two attached hydrogens (primary N) is 1. The van der Waals surface area contributed by atoms with E-state index >= 15 is 0 Å². The summed E-state index contributed by atoms with van der Waals surface area (Å²) in [5.41, 5.74) is 8.72. The van der Waals surface area contributed by atoms with Crippen LogP contribution in [0.15, 0.2) is 36.4 Å². The number of imidazole rings is 1. The van der Waals surface area contributed by atoms with Crippen molar-refractivity contribution >= 4 is 28.6 Å². The number of fused-ring (bicyclic) bond motifs is 1. The molecule has 1 aromatic heterocycles. The fourth-order valence-corrected chi connectivity index (χ4v) is 2.38. The molecule has 2 aromatic carbocycles. The van der Waals surface area contributed by atoms with Gasteiger partial charge in [-0.1, -0.05) is 23.7 Å². The van der Waals surface area contributed by atoms with Crippen LogP contribution in [-0.4, -0.2) is 9.55 Å². The van der Waals surface area contributed by atoms with Crippen molar-refractivity contribution in [3.8, 4) is 5.69 Å². The van der Waals surface area contributed by atoms with Gasteiger partial charge in [-0.3, -0.25) is 4.57 Å². The van der Waals surface area contributed by atoms with E-state index in [1.807, 2.05) is 25.1 Å². The number of aryl methyl sites for hydroxylation is 1. The average molecular weight is 276 g/mol. The number of benzene rings is 2. The minimum Gasteiger partial charge on any atom is -0.369 e. The molecule has 5 heteroatoms. The maximum atomic E-state index is 14.0. The molecule has 3 rings (SSSR count). The van der Waals surface area contributed by atoms with Gasteiger partial charge in [0.1, 0.15) is 5.82 Å². The van der Waals surface area contributed by atoms with Gasteiger partial charge < -0.3 is 5.73 Å². The summed E-state index contributed by atoms with van der Waals surface area (Å²) in [6.07, 6.45) is 0. The molecule has 0 unspecified atom stereocenters. The van der Waals surface area contributed by atoms with Crippen LogP contribution >= 0.6 is 11.6 Å². The summed E-state index contributed by atoms with van der Waals surface area (Å²) in [4.78, 5) is 4.25. The monoisotopic (exact) mass is 275 g/mol. The highest BCUT2D eigenvalue weighted by atomic mass is 35.5. The summed E-state index contributed by atoms with van der Waals surface area (Å²) in [5, 5.41) is 0.450. The molecule has 19 heavy (non-hydrogen) atoms. The molecule has 0 amide bonds. The minimum absolute atomic E-state index is 0.241. The van der Waals surface area contributed by atoms with Crippen molar-refractivity contribution in [2.24, 2.45) is 0 Å². The topological polar surface area (TPSA) is 43.8 Å². The van der Waals surface area contributed by atoms with Crippen molar-refractivity contribution in [2.75, 3.05) is 5.73 Å². The normalized spacial score (nSPS) is 11.1. The van der Waals surface area contributed by atoms with Crippen LogP contribution in [-0.2, 0) is 0 Å². The maximum absolute atomic E-state index is 14.0. The summed E-state index contributed by atoms with van der Waals surface area (Å²) in [6, 6.07) is 10.0. The van der Waals surface area contributed by atoms with Crippen molar-refractivity contribution < 1.29 is 4.39 Å². The highest BCUT2D eigenvalue weighted by Gasteiger charge is 2.15. The summed E-state index contributed by atoms with van der Waals surface area (Å²) in [5.74, 6) is -0.149. The second-order valence-corrected chi connectivity index (χ2v) is 4.78. The number of para-hydroxylation sites is 1. The molecule has 0 fully saturated rings. The second-order valence-electron chi connectivity index (χ2n) is 4.34. The largest absolute Gasteiger partial charge is 0.369 e. The Labute approximate surface area is 114 Å². The van der Waals surface area contributed by atoms with E-state index in [0.717, 1.165) is 16.6 Å². The van der Waals surface area contributed by atoms with Crippen LogP contribution in [0.5, 0.6) is 0 Å². The van der Waals surface area contributed by atoms with Gasteiger partial charge in [0.05, 0.1) is 16.7 Å². The minimum atomic E-state index is -0.390. The van der Waals surface area contributed by atoms with E-state index in [-0.39, 0.29) is 5.95 Å². The third-order valence-corrected chi connectivity index (χ3v) is 3.29. The molecule has 0 aliphatic rings. The fraction of sp³-hybridized carbons (Fsp3) is 0.0714. The smallest absolute Gasteiger partial charge is 0.206 e.